The van der Waals surface area contributed by atoms with Crippen LogP contribution < -0.4 is 5.73 Å². The van der Waals surface area contributed by atoms with E-state index in [0.717, 1.165) is 35.2 Å². The van der Waals surface area contributed by atoms with E-state index in [-0.39, 0.29) is 11.9 Å². The molecule has 3 heterocycles. The zero-order valence-electron chi connectivity index (χ0n) is 12.9. The number of aryl methyl sites for hydroxylation is 1. The Labute approximate surface area is 134 Å². The molecule has 118 valence electrons. The fraction of sp³-hybridized carbons (Fsp3) is 0.500. The van der Waals surface area contributed by atoms with E-state index in [9.17, 15) is 4.79 Å². The second-order valence-electron chi connectivity index (χ2n) is 5.96. The van der Waals surface area contributed by atoms with Crippen LogP contribution in [0.1, 0.15) is 24.8 Å². The van der Waals surface area contributed by atoms with Gasteiger partial charge in [-0.1, -0.05) is 0 Å². The molecule has 22 heavy (non-hydrogen) atoms. The molecular formula is C16H21N3O2S. The molecule has 0 aromatic carbocycles. The molecule has 2 atom stereocenters. The van der Waals surface area contributed by atoms with Crippen LogP contribution in [0.25, 0.3) is 10.8 Å². The Morgan fingerprint density at radius 3 is 3.00 bits per heavy atom. The minimum atomic E-state index is 0.135. The highest BCUT2D eigenvalue weighted by molar-refractivity contribution is 7.13. The number of thiazole rings is 1. The predicted molar refractivity (Wildman–Crippen MR) is 86.6 cm³/mol. The van der Waals surface area contributed by atoms with Gasteiger partial charge in [0.05, 0.1) is 12.1 Å². The van der Waals surface area contributed by atoms with Crippen molar-refractivity contribution in [1.29, 1.82) is 0 Å². The minimum absolute atomic E-state index is 0.135. The van der Waals surface area contributed by atoms with Crippen LogP contribution in [0.3, 0.4) is 0 Å². The third-order valence-corrected chi connectivity index (χ3v) is 5.06. The van der Waals surface area contributed by atoms with E-state index in [0.29, 0.717) is 18.9 Å². The molecule has 0 saturated carbocycles. The Hall–Kier alpha value is -1.66. The maximum atomic E-state index is 12.5. The molecule has 0 radical (unpaired) electrons. The highest BCUT2D eigenvalue weighted by Crippen LogP contribution is 2.27. The number of nitrogens with two attached hydrogens (primary N) is 1. The van der Waals surface area contributed by atoms with E-state index < -0.39 is 0 Å². The molecule has 2 aromatic heterocycles. The Bertz CT molecular complexity index is 664. The lowest BCUT2D eigenvalue weighted by molar-refractivity contribution is -0.131. The number of hydrogen-bond donors (Lipinski definition) is 1. The highest BCUT2D eigenvalue weighted by atomic mass is 32.1. The van der Waals surface area contributed by atoms with E-state index in [2.05, 4.69) is 11.9 Å². The van der Waals surface area contributed by atoms with E-state index in [1.165, 1.54) is 11.3 Å². The Morgan fingerprint density at radius 1 is 1.55 bits per heavy atom. The summed E-state index contributed by atoms with van der Waals surface area (Å²) in [6.07, 6.45) is 1.34. The smallest absolute Gasteiger partial charge is 0.228 e. The fourth-order valence-electron chi connectivity index (χ4n) is 2.97. The standard InChI is InChI=1S/C16H21N3O2S/c1-10-5-12(7-17)8-19(10)15(20)6-13-9-22-16(18-13)14-4-3-11(2)21-14/h3-4,9-10,12H,5-8,17H2,1-2H3. The second-order valence-corrected chi connectivity index (χ2v) is 6.82. The van der Waals surface area contributed by atoms with Crippen molar-refractivity contribution in [2.45, 2.75) is 32.7 Å². The molecule has 6 heteroatoms. The highest BCUT2D eigenvalue weighted by Gasteiger charge is 2.31. The lowest BCUT2D eigenvalue weighted by Gasteiger charge is -2.21. The maximum absolute atomic E-state index is 12.5. The van der Waals surface area contributed by atoms with Crippen LogP contribution in [0.15, 0.2) is 21.9 Å². The SMILES string of the molecule is Cc1ccc(-c2nc(CC(=O)N3CC(CN)CC3C)cs2)o1. The third kappa shape index (κ3) is 3.08. The van der Waals surface area contributed by atoms with Crippen LogP contribution in [0.2, 0.25) is 0 Å². The van der Waals surface area contributed by atoms with Gasteiger partial charge in [-0.15, -0.1) is 11.3 Å². The normalized spacial score (nSPS) is 21.5. The van der Waals surface area contributed by atoms with E-state index in [1.807, 2.05) is 29.3 Å². The zero-order valence-corrected chi connectivity index (χ0v) is 13.7. The first-order valence-corrected chi connectivity index (χ1v) is 8.45. The molecule has 1 fully saturated rings. The number of carbonyl (C=O) groups is 1. The van der Waals surface area contributed by atoms with Crippen LogP contribution in [0, 0.1) is 12.8 Å². The van der Waals surface area contributed by atoms with Crippen molar-refractivity contribution >= 4 is 17.2 Å². The summed E-state index contributed by atoms with van der Waals surface area (Å²) in [5.74, 6) is 2.19. The van der Waals surface area contributed by atoms with Crippen molar-refractivity contribution in [1.82, 2.24) is 9.88 Å². The zero-order chi connectivity index (χ0) is 15.7. The average molecular weight is 319 g/mol. The molecule has 2 aromatic rings. The topological polar surface area (TPSA) is 72.4 Å². The fourth-order valence-corrected chi connectivity index (χ4v) is 3.75. The van der Waals surface area contributed by atoms with Crippen molar-refractivity contribution in [3.05, 3.63) is 29.0 Å². The lowest BCUT2D eigenvalue weighted by Crippen LogP contribution is -2.35. The first-order valence-electron chi connectivity index (χ1n) is 7.57. The molecule has 3 rings (SSSR count). The van der Waals surface area contributed by atoms with Gasteiger partial charge >= 0.3 is 0 Å². The van der Waals surface area contributed by atoms with Crippen LogP contribution in [0.5, 0.6) is 0 Å². The number of likely N-dealkylation sites (tertiary alicyclic amines) is 1. The molecule has 1 saturated heterocycles. The number of carbonyl (C=O) groups excluding carboxylic acids is 1. The molecule has 1 amide bonds. The first-order chi connectivity index (χ1) is 10.6. The van der Waals surface area contributed by atoms with Gasteiger partial charge < -0.3 is 15.1 Å². The van der Waals surface area contributed by atoms with Crippen LogP contribution in [-0.4, -0.2) is 34.9 Å². The molecule has 0 spiro atoms. The van der Waals surface area contributed by atoms with E-state index in [1.54, 1.807) is 0 Å². The molecule has 2 N–H and O–H groups in total. The number of furan rings is 1. The largest absolute Gasteiger partial charge is 0.459 e. The molecule has 5 nitrogen and oxygen atoms in total. The third-order valence-electron chi connectivity index (χ3n) is 4.15. The quantitative estimate of drug-likeness (QED) is 0.939. The number of nitrogens with zero attached hydrogens (tertiary/aromatic N) is 2. The summed E-state index contributed by atoms with van der Waals surface area (Å²) in [6.45, 7) is 5.41. The molecule has 1 aliphatic rings. The van der Waals surface area contributed by atoms with Crippen molar-refractivity contribution in [3.63, 3.8) is 0 Å². The Balaban J connectivity index is 1.66. The summed E-state index contributed by atoms with van der Waals surface area (Å²) < 4.78 is 5.57. The number of hydrogen-bond acceptors (Lipinski definition) is 5. The summed E-state index contributed by atoms with van der Waals surface area (Å²) in [6, 6.07) is 4.10. The predicted octanol–water partition coefficient (Wildman–Crippen LogP) is 2.45. The summed E-state index contributed by atoms with van der Waals surface area (Å²) in [7, 11) is 0. The van der Waals surface area contributed by atoms with Gasteiger partial charge in [-0.05, 0) is 44.9 Å². The Morgan fingerprint density at radius 2 is 2.36 bits per heavy atom. The number of rotatable bonds is 4. The van der Waals surface area contributed by atoms with Crippen molar-refractivity contribution in [2.75, 3.05) is 13.1 Å². The number of amides is 1. The summed E-state index contributed by atoms with van der Waals surface area (Å²) in [4.78, 5) is 18.9. The van der Waals surface area contributed by atoms with E-state index in [4.69, 9.17) is 10.2 Å². The van der Waals surface area contributed by atoms with Gasteiger partial charge in [-0.25, -0.2) is 4.98 Å². The van der Waals surface area contributed by atoms with Crippen LogP contribution in [-0.2, 0) is 11.2 Å². The molecule has 1 aliphatic heterocycles. The minimum Gasteiger partial charge on any atom is -0.459 e. The number of aromatic nitrogens is 1. The Kier molecular flexibility index (Phi) is 4.31. The van der Waals surface area contributed by atoms with Gasteiger partial charge in [0, 0.05) is 18.0 Å². The van der Waals surface area contributed by atoms with Crippen molar-refractivity contribution in [3.8, 4) is 10.8 Å². The average Bonchev–Trinajstić information content (AvgIpc) is 3.18. The van der Waals surface area contributed by atoms with Gasteiger partial charge in [-0.3, -0.25) is 4.79 Å². The van der Waals surface area contributed by atoms with Gasteiger partial charge in [-0.2, -0.15) is 0 Å². The summed E-state index contributed by atoms with van der Waals surface area (Å²) >= 11 is 1.51. The van der Waals surface area contributed by atoms with Gasteiger partial charge in [0.15, 0.2) is 10.8 Å². The molecule has 0 bridgehead atoms. The first kappa shape index (κ1) is 15.2. The molecular weight excluding hydrogens is 298 g/mol. The van der Waals surface area contributed by atoms with Crippen molar-refractivity contribution < 1.29 is 9.21 Å². The molecule has 0 aliphatic carbocycles. The summed E-state index contributed by atoms with van der Waals surface area (Å²) in [5.41, 5.74) is 6.53. The van der Waals surface area contributed by atoms with E-state index >= 15 is 0 Å². The second kappa shape index (κ2) is 6.22. The van der Waals surface area contributed by atoms with Gasteiger partial charge in [0.25, 0.3) is 0 Å². The van der Waals surface area contributed by atoms with Crippen LogP contribution >= 0.6 is 11.3 Å². The maximum Gasteiger partial charge on any atom is 0.228 e. The van der Waals surface area contributed by atoms with Crippen molar-refractivity contribution in [2.24, 2.45) is 11.7 Å². The lowest BCUT2D eigenvalue weighted by atomic mass is 10.1. The molecule has 2 unspecified atom stereocenters. The van der Waals surface area contributed by atoms with Gasteiger partial charge in [0.1, 0.15) is 5.76 Å². The van der Waals surface area contributed by atoms with Gasteiger partial charge in [0.2, 0.25) is 5.91 Å². The van der Waals surface area contributed by atoms with Crippen LogP contribution in [0.4, 0.5) is 0 Å². The summed E-state index contributed by atoms with van der Waals surface area (Å²) in [5, 5.41) is 2.76. The monoisotopic (exact) mass is 319 g/mol.